The van der Waals surface area contributed by atoms with Crippen molar-refractivity contribution >= 4 is 16.1 Å². The van der Waals surface area contributed by atoms with E-state index in [2.05, 4.69) is 6.92 Å². The number of hydrogen-bond acceptors (Lipinski definition) is 8. The number of carbonyl (C=O) groups is 1. The molecular weight excluding hydrogens is 400 g/mol. The van der Waals surface area contributed by atoms with Crippen LogP contribution in [0.1, 0.15) is 32.6 Å². The fourth-order valence-corrected chi connectivity index (χ4v) is 3.12. The summed E-state index contributed by atoms with van der Waals surface area (Å²) in [6.45, 7) is 4.24. The van der Waals surface area contributed by atoms with Crippen molar-refractivity contribution in [2.45, 2.75) is 37.5 Å². The molecular formula is C20H32O8S. The first-order valence-corrected chi connectivity index (χ1v) is 11.3. The molecule has 0 atom stereocenters. The van der Waals surface area contributed by atoms with Crippen LogP contribution in [0.3, 0.4) is 0 Å². The Kier molecular flexibility index (Phi) is 14.3. The van der Waals surface area contributed by atoms with E-state index in [4.69, 9.17) is 23.1 Å². The van der Waals surface area contributed by atoms with Crippen molar-refractivity contribution in [1.29, 1.82) is 0 Å². The van der Waals surface area contributed by atoms with E-state index in [0.717, 1.165) is 19.3 Å². The maximum absolute atomic E-state index is 11.9. The van der Waals surface area contributed by atoms with Crippen LogP contribution in [0.15, 0.2) is 35.2 Å². The Morgan fingerprint density at radius 2 is 1.34 bits per heavy atom. The number of benzene rings is 1. The molecule has 0 amide bonds. The van der Waals surface area contributed by atoms with Crippen LogP contribution in [0.2, 0.25) is 0 Å². The molecule has 0 saturated heterocycles. The summed E-state index contributed by atoms with van der Waals surface area (Å²) in [6.07, 6.45) is 3.43. The minimum Gasteiger partial charge on any atom is -0.463 e. The monoisotopic (exact) mass is 432 g/mol. The largest absolute Gasteiger partial charge is 0.463 e. The lowest BCUT2D eigenvalue weighted by Gasteiger charge is -2.08. The lowest BCUT2D eigenvalue weighted by molar-refractivity contribution is -0.145. The molecule has 0 spiro atoms. The third-order valence-corrected chi connectivity index (χ3v) is 5.04. The van der Waals surface area contributed by atoms with Gasteiger partial charge in [0.1, 0.15) is 6.61 Å². The maximum Gasteiger partial charge on any atom is 0.305 e. The maximum atomic E-state index is 11.9. The molecule has 0 aliphatic rings. The zero-order chi connectivity index (χ0) is 21.2. The van der Waals surface area contributed by atoms with Gasteiger partial charge >= 0.3 is 5.97 Å². The van der Waals surface area contributed by atoms with Gasteiger partial charge in [0.05, 0.1) is 51.1 Å². The van der Waals surface area contributed by atoms with Gasteiger partial charge in [-0.3, -0.25) is 8.98 Å². The van der Waals surface area contributed by atoms with Crippen molar-refractivity contribution in [2.24, 2.45) is 0 Å². The molecule has 0 fully saturated rings. The van der Waals surface area contributed by atoms with Crippen LogP contribution in [0.5, 0.6) is 0 Å². The van der Waals surface area contributed by atoms with Crippen molar-refractivity contribution < 1.29 is 36.3 Å². The second-order valence-electron chi connectivity index (χ2n) is 6.10. The van der Waals surface area contributed by atoms with E-state index in [1.165, 1.54) is 12.1 Å². The molecule has 8 nitrogen and oxygen atoms in total. The summed E-state index contributed by atoms with van der Waals surface area (Å²) in [5.41, 5.74) is 0. The van der Waals surface area contributed by atoms with Crippen LogP contribution in [-0.4, -0.2) is 67.2 Å². The topological polar surface area (TPSA) is 97.4 Å². The van der Waals surface area contributed by atoms with E-state index in [-0.39, 0.29) is 30.7 Å². The highest BCUT2D eigenvalue weighted by atomic mass is 32.2. The van der Waals surface area contributed by atoms with Crippen LogP contribution < -0.4 is 0 Å². The average Bonchev–Trinajstić information content (AvgIpc) is 2.72. The van der Waals surface area contributed by atoms with Crippen molar-refractivity contribution in [3.8, 4) is 0 Å². The first-order chi connectivity index (χ1) is 14.1. The number of unbranched alkanes of at least 4 members (excludes halogenated alkanes) is 2. The molecule has 0 aromatic heterocycles. The molecule has 9 heteroatoms. The van der Waals surface area contributed by atoms with Gasteiger partial charge in [0.25, 0.3) is 10.1 Å². The molecule has 29 heavy (non-hydrogen) atoms. The molecule has 0 N–H and O–H groups in total. The number of carbonyl (C=O) groups excluding carboxylic acids is 1. The van der Waals surface area contributed by atoms with Gasteiger partial charge in [0.2, 0.25) is 0 Å². The molecule has 0 saturated carbocycles. The summed E-state index contributed by atoms with van der Waals surface area (Å²) in [6, 6.07) is 7.95. The Morgan fingerprint density at radius 1 is 0.793 bits per heavy atom. The lowest BCUT2D eigenvalue weighted by Crippen LogP contribution is -2.15. The molecule has 166 valence electrons. The SMILES string of the molecule is CCCCCC(=O)OCCOCCOCCOCCOS(=O)(=O)c1ccccc1. The highest BCUT2D eigenvalue weighted by Crippen LogP contribution is 2.10. The summed E-state index contributed by atoms with van der Waals surface area (Å²) in [4.78, 5) is 11.5. The van der Waals surface area contributed by atoms with Crippen molar-refractivity contribution in [3.63, 3.8) is 0 Å². The Hall–Kier alpha value is -1.52. The van der Waals surface area contributed by atoms with Crippen LogP contribution in [0, 0.1) is 0 Å². The molecule has 0 heterocycles. The van der Waals surface area contributed by atoms with Gasteiger partial charge in [0, 0.05) is 6.42 Å². The molecule has 1 aromatic carbocycles. The van der Waals surface area contributed by atoms with Crippen molar-refractivity contribution in [3.05, 3.63) is 30.3 Å². The minimum atomic E-state index is -3.74. The van der Waals surface area contributed by atoms with Gasteiger partial charge < -0.3 is 18.9 Å². The fraction of sp³-hybridized carbons (Fsp3) is 0.650. The Bertz CT molecular complexity index is 633. The Labute approximate surface area is 173 Å². The Morgan fingerprint density at radius 3 is 1.93 bits per heavy atom. The Balaban J connectivity index is 1.86. The number of ether oxygens (including phenoxy) is 4. The van der Waals surface area contributed by atoms with Gasteiger partial charge in [-0.05, 0) is 18.6 Å². The molecule has 0 unspecified atom stereocenters. The van der Waals surface area contributed by atoms with E-state index in [9.17, 15) is 13.2 Å². The van der Waals surface area contributed by atoms with Crippen LogP contribution in [0.25, 0.3) is 0 Å². The predicted octanol–water partition coefficient (Wildman–Crippen LogP) is 2.57. The smallest absolute Gasteiger partial charge is 0.305 e. The first-order valence-electron chi connectivity index (χ1n) is 9.89. The average molecular weight is 433 g/mol. The second-order valence-corrected chi connectivity index (χ2v) is 7.72. The molecule has 0 aliphatic heterocycles. The number of hydrogen-bond donors (Lipinski definition) is 0. The number of rotatable bonds is 18. The van der Waals surface area contributed by atoms with Crippen LogP contribution in [0.4, 0.5) is 0 Å². The summed E-state index contributed by atoms with van der Waals surface area (Å²) in [5, 5.41) is 0. The van der Waals surface area contributed by atoms with Gasteiger partial charge in [-0.1, -0.05) is 38.0 Å². The summed E-state index contributed by atoms with van der Waals surface area (Å²) >= 11 is 0. The first kappa shape index (κ1) is 25.5. The summed E-state index contributed by atoms with van der Waals surface area (Å²) in [5.74, 6) is -0.184. The molecule has 1 rings (SSSR count). The van der Waals surface area contributed by atoms with E-state index in [1.807, 2.05) is 0 Å². The molecule has 0 aliphatic carbocycles. The standard InChI is InChI=1S/C20H32O8S/c1-2-3-5-10-20(21)27-17-15-25-13-11-24-12-14-26-16-18-28-29(22,23)19-8-6-4-7-9-19/h4,6-9H,2-3,5,10-18H2,1H3. The predicted molar refractivity (Wildman–Crippen MR) is 107 cm³/mol. The fourth-order valence-electron chi connectivity index (χ4n) is 2.21. The minimum absolute atomic E-state index is 0.0580. The van der Waals surface area contributed by atoms with Crippen LogP contribution >= 0.6 is 0 Å². The van der Waals surface area contributed by atoms with Crippen molar-refractivity contribution in [1.82, 2.24) is 0 Å². The normalized spacial score (nSPS) is 11.5. The van der Waals surface area contributed by atoms with Gasteiger partial charge in [0.15, 0.2) is 0 Å². The third kappa shape index (κ3) is 13.3. The van der Waals surface area contributed by atoms with Crippen molar-refractivity contribution in [2.75, 3.05) is 52.9 Å². The zero-order valence-electron chi connectivity index (χ0n) is 17.0. The molecule has 1 aromatic rings. The quantitative estimate of drug-likeness (QED) is 0.198. The van der Waals surface area contributed by atoms with Gasteiger partial charge in [-0.15, -0.1) is 0 Å². The van der Waals surface area contributed by atoms with Gasteiger partial charge in [-0.25, -0.2) is 0 Å². The zero-order valence-corrected chi connectivity index (χ0v) is 17.9. The van der Waals surface area contributed by atoms with Crippen LogP contribution in [-0.2, 0) is 38.0 Å². The highest BCUT2D eigenvalue weighted by molar-refractivity contribution is 7.86. The van der Waals surface area contributed by atoms with E-state index < -0.39 is 10.1 Å². The molecule has 0 radical (unpaired) electrons. The highest BCUT2D eigenvalue weighted by Gasteiger charge is 2.13. The number of esters is 1. The molecule has 0 bridgehead atoms. The van der Waals surface area contributed by atoms with E-state index >= 15 is 0 Å². The third-order valence-electron chi connectivity index (χ3n) is 3.72. The van der Waals surface area contributed by atoms with Gasteiger partial charge in [-0.2, -0.15) is 8.42 Å². The lowest BCUT2D eigenvalue weighted by atomic mass is 10.2. The van der Waals surface area contributed by atoms with E-state index in [0.29, 0.717) is 39.5 Å². The second kappa shape index (κ2) is 16.3. The summed E-state index contributed by atoms with van der Waals surface area (Å²) in [7, 11) is -3.74. The summed E-state index contributed by atoms with van der Waals surface area (Å²) < 4.78 is 49.6. The van der Waals surface area contributed by atoms with E-state index in [1.54, 1.807) is 18.2 Å².